The van der Waals surface area contributed by atoms with Gasteiger partial charge in [-0.2, -0.15) is 0 Å². The van der Waals surface area contributed by atoms with Crippen molar-refractivity contribution in [1.29, 1.82) is 0 Å². The van der Waals surface area contributed by atoms with Crippen LogP contribution in [0.1, 0.15) is 32.6 Å². The zero-order valence-corrected chi connectivity index (χ0v) is 16.4. The molecule has 1 aromatic carbocycles. The number of aromatic nitrogens is 1. The van der Waals surface area contributed by atoms with Gasteiger partial charge in [-0.05, 0) is 30.9 Å². The van der Waals surface area contributed by atoms with Crippen LogP contribution in [0.2, 0.25) is 0 Å². The Kier molecular flexibility index (Phi) is 6.91. The van der Waals surface area contributed by atoms with Gasteiger partial charge < -0.3 is 14.5 Å². The maximum Gasteiger partial charge on any atom is 0.321 e. The minimum Gasteiger partial charge on any atom is -0.455 e. The van der Waals surface area contributed by atoms with E-state index >= 15 is 0 Å². The van der Waals surface area contributed by atoms with Crippen molar-refractivity contribution in [3.63, 3.8) is 0 Å². The third-order valence-corrected chi connectivity index (χ3v) is 5.43. The number of fused-ring (bicyclic) bond motifs is 1. The lowest BCUT2D eigenvalue weighted by Crippen LogP contribution is -2.48. The van der Waals surface area contributed by atoms with Crippen molar-refractivity contribution in [3.05, 3.63) is 24.3 Å². The normalized spacial score (nSPS) is 19.2. The molecule has 1 aromatic heterocycles. The van der Waals surface area contributed by atoms with Gasteiger partial charge in [0.2, 0.25) is 0 Å². The number of nitrogens with one attached hydrogen (secondary N) is 2. The number of ether oxygens (including phenoxy) is 1. The molecule has 2 atom stereocenters. The molecule has 0 bridgehead atoms. The molecule has 2 aromatic rings. The number of carbonyl (C=O) groups is 3. The van der Waals surface area contributed by atoms with Crippen LogP contribution < -0.4 is 10.6 Å². The molecule has 0 aliphatic heterocycles. The van der Waals surface area contributed by atoms with Gasteiger partial charge in [0, 0.05) is 6.04 Å². The number of nitrogens with zero attached hydrogens (tertiary/aromatic N) is 1. The van der Waals surface area contributed by atoms with E-state index in [0.29, 0.717) is 22.2 Å². The van der Waals surface area contributed by atoms with Crippen molar-refractivity contribution in [3.8, 4) is 0 Å². The lowest BCUT2D eigenvalue weighted by molar-refractivity contribution is -0.145. The van der Waals surface area contributed by atoms with Crippen molar-refractivity contribution < 1.29 is 23.5 Å². The van der Waals surface area contributed by atoms with Crippen molar-refractivity contribution in [1.82, 2.24) is 15.6 Å². The first-order valence-corrected chi connectivity index (χ1v) is 10.2. The Hall–Kier alpha value is -2.55. The van der Waals surface area contributed by atoms with Gasteiger partial charge in [0.05, 0.1) is 0 Å². The Balaban J connectivity index is 1.35. The van der Waals surface area contributed by atoms with Gasteiger partial charge in [0.25, 0.3) is 11.1 Å². The maximum absolute atomic E-state index is 11.9. The van der Waals surface area contributed by atoms with Crippen LogP contribution in [0.5, 0.6) is 0 Å². The van der Waals surface area contributed by atoms with Crippen LogP contribution in [0.3, 0.4) is 0 Å². The van der Waals surface area contributed by atoms with E-state index in [0.717, 1.165) is 37.4 Å². The molecule has 0 spiro atoms. The summed E-state index contributed by atoms with van der Waals surface area (Å²) in [5, 5.41) is 5.35. The van der Waals surface area contributed by atoms with E-state index in [1.165, 1.54) is 0 Å². The molecule has 1 heterocycles. The summed E-state index contributed by atoms with van der Waals surface area (Å²) in [5.74, 6) is -0.924. The Morgan fingerprint density at radius 2 is 2.04 bits per heavy atom. The van der Waals surface area contributed by atoms with Crippen LogP contribution in [-0.4, -0.2) is 41.3 Å². The second kappa shape index (κ2) is 9.59. The molecule has 3 amide bonds. The monoisotopic (exact) mass is 405 g/mol. The van der Waals surface area contributed by atoms with Crippen molar-refractivity contribution in [2.45, 2.75) is 43.9 Å². The van der Waals surface area contributed by atoms with Gasteiger partial charge >= 0.3 is 12.0 Å². The summed E-state index contributed by atoms with van der Waals surface area (Å²) < 4.78 is 10.4. The van der Waals surface area contributed by atoms with Crippen LogP contribution >= 0.6 is 11.8 Å². The average Bonchev–Trinajstić information content (AvgIpc) is 3.09. The number of oxazole rings is 1. The Labute approximate surface area is 166 Å². The number of para-hydroxylation sites is 2. The average molecular weight is 405 g/mol. The minimum atomic E-state index is -0.666. The van der Waals surface area contributed by atoms with Crippen LogP contribution in [0.15, 0.2) is 33.9 Å². The Bertz CT molecular complexity index is 820. The maximum atomic E-state index is 11.9. The van der Waals surface area contributed by atoms with Gasteiger partial charge in [-0.1, -0.05) is 43.7 Å². The fraction of sp³-hybridized carbons (Fsp3) is 0.474. The van der Waals surface area contributed by atoms with E-state index in [2.05, 4.69) is 22.5 Å². The summed E-state index contributed by atoms with van der Waals surface area (Å²) in [6, 6.07) is 6.79. The number of thioether (sulfide) groups is 1. The number of esters is 1. The second-order valence-electron chi connectivity index (χ2n) is 6.79. The first-order chi connectivity index (χ1) is 13.5. The number of benzene rings is 1. The summed E-state index contributed by atoms with van der Waals surface area (Å²) >= 11 is 1.08. The fourth-order valence-electron chi connectivity index (χ4n) is 3.12. The van der Waals surface area contributed by atoms with Crippen molar-refractivity contribution in [2.24, 2.45) is 5.92 Å². The van der Waals surface area contributed by atoms with Crippen LogP contribution in [0.25, 0.3) is 11.1 Å². The highest BCUT2D eigenvalue weighted by Gasteiger charge is 2.23. The van der Waals surface area contributed by atoms with Crippen LogP contribution in [0.4, 0.5) is 4.79 Å². The van der Waals surface area contributed by atoms with E-state index < -0.39 is 24.5 Å². The lowest BCUT2D eigenvalue weighted by Gasteiger charge is -2.29. The summed E-state index contributed by atoms with van der Waals surface area (Å²) in [7, 11) is 0. The molecular formula is C19H23N3O5S. The minimum absolute atomic E-state index is 0.0497. The standard InChI is InChI=1S/C19H23N3O5S/c1-12-6-2-3-7-13(12)20-18(25)22-16(23)10-26-17(24)11-28-19-21-14-8-4-5-9-15(14)27-19/h4-5,8-9,12-13H,2-3,6-7,10-11H2,1H3,(H2,20,22,23,25)/t12-,13-/m0/s1. The lowest BCUT2D eigenvalue weighted by atomic mass is 9.86. The number of urea groups is 1. The molecule has 28 heavy (non-hydrogen) atoms. The Morgan fingerprint density at radius 1 is 1.25 bits per heavy atom. The molecule has 9 heteroatoms. The highest BCUT2D eigenvalue weighted by Crippen LogP contribution is 2.24. The first kappa shape index (κ1) is 20.2. The first-order valence-electron chi connectivity index (χ1n) is 9.25. The van der Waals surface area contributed by atoms with Crippen LogP contribution in [0, 0.1) is 5.92 Å². The topological polar surface area (TPSA) is 111 Å². The molecule has 0 unspecified atom stereocenters. The van der Waals surface area contributed by atoms with E-state index in [1.807, 2.05) is 18.2 Å². The van der Waals surface area contributed by atoms with Gasteiger partial charge in [-0.15, -0.1) is 0 Å². The summed E-state index contributed by atoms with van der Waals surface area (Å²) in [5.41, 5.74) is 1.34. The summed E-state index contributed by atoms with van der Waals surface area (Å²) in [6.45, 7) is 1.57. The molecule has 8 nitrogen and oxygen atoms in total. The van der Waals surface area contributed by atoms with Gasteiger partial charge in [-0.25, -0.2) is 9.78 Å². The van der Waals surface area contributed by atoms with Crippen LogP contribution in [-0.2, 0) is 14.3 Å². The molecule has 1 aliphatic rings. The fourth-order valence-corrected chi connectivity index (χ4v) is 3.76. The third kappa shape index (κ3) is 5.72. The molecular weight excluding hydrogens is 382 g/mol. The SMILES string of the molecule is C[C@H]1CCCC[C@@H]1NC(=O)NC(=O)COC(=O)CSc1nc2ccccc2o1. The van der Waals surface area contributed by atoms with E-state index in [9.17, 15) is 14.4 Å². The molecule has 1 aliphatic carbocycles. The van der Waals surface area contributed by atoms with E-state index in [-0.39, 0.29) is 11.8 Å². The highest BCUT2D eigenvalue weighted by molar-refractivity contribution is 7.99. The number of carbonyl (C=O) groups excluding carboxylic acids is 3. The largest absolute Gasteiger partial charge is 0.455 e. The predicted molar refractivity (Wildman–Crippen MR) is 104 cm³/mol. The molecule has 3 rings (SSSR count). The number of hydrogen-bond donors (Lipinski definition) is 2. The molecule has 2 N–H and O–H groups in total. The molecule has 1 saturated carbocycles. The molecule has 0 saturated heterocycles. The summed E-state index contributed by atoms with van der Waals surface area (Å²) in [6.07, 6.45) is 4.20. The molecule has 0 radical (unpaired) electrons. The number of hydrogen-bond acceptors (Lipinski definition) is 7. The second-order valence-corrected chi connectivity index (χ2v) is 7.71. The quantitative estimate of drug-likeness (QED) is 0.561. The third-order valence-electron chi connectivity index (χ3n) is 4.63. The van der Waals surface area contributed by atoms with Gasteiger partial charge in [0.15, 0.2) is 12.2 Å². The van der Waals surface area contributed by atoms with Crippen molar-refractivity contribution in [2.75, 3.05) is 12.4 Å². The highest BCUT2D eigenvalue weighted by atomic mass is 32.2. The summed E-state index contributed by atoms with van der Waals surface area (Å²) in [4.78, 5) is 39.7. The Morgan fingerprint density at radius 3 is 2.82 bits per heavy atom. The number of imide groups is 1. The van der Waals surface area contributed by atoms with E-state index in [1.54, 1.807) is 6.07 Å². The number of rotatable bonds is 6. The zero-order valence-electron chi connectivity index (χ0n) is 15.6. The van der Waals surface area contributed by atoms with Gasteiger partial charge in [-0.3, -0.25) is 14.9 Å². The molecule has 1 fully saturated rings. The molecule has 150 valence electrons. The predicted octanol–water partition coefficient (Wildman–Crippen LogP) is 2.87. The smallest absolute Gasteiger partial charge is 0.321 e. The zero-order chi connectivity index (χ0) is 19.9. The van der Waals surface area contributed by atoms with E-state index in [4.69, 9.17) is 9.15 Å². The number of amides is 3. The van der Waals surface area contributed by atoms with Gasteiger partial charge in [0.1, 0.15) is 11.3 Å². The van der Waals surface area contributed by atoms with Crippen molar-refractivity contribution >= 4 is 40.8 Å².